The van der Waals surface area contributed by atoms with Crippen LogP contribution in [0.15, 0.2) is 46.9 Å². The van der Waals surface area contributed by atoms with Crippen LogP contribution in [0.25, 0.3) is 10.8 Å². The van der Waals surface area contributed by atoms with Gasteiger partial charge in [0.1, 0.15) is 22.8 Å². The number of ketones is 2. The number of aliphatic hydroxyl groups is 3. The van der Waals surface area contributed by atoms with E-state index in [-0.39, 0.29) is 29.7 Å². The zero-order valence-corrected chi connectivity index (χ0v) is 22.4. The van der Waals surface area contributed by atoms with Crippen molar-refractivity contribution in [1.82, 2.24) is 9.80 Å². The maximum Gasteiger partial charge on any atom is 0.255 e. The van der Waals surface area contributed by atoms with Crippen molar-refractivity contribution in [3.8, 4) is 5.75 Å². The molecule has 6 N–H and O–H groups in total. The molecule has 0 radical (unpaired) electrons. The Bertz CT molecular complexity index is 1510. The third-order valence-corrected chi connectivity index (χ3v) is 8.58. The number of rotatable bonds is 5. The van der Waals surface area contributed by atoms with Gasteiger partial charge in [0, 0.05) is 23.4 Å². The van der Waals surface area contributed by atoms with Crippen molar-refractivity contribution < 1.29 is 34.8 Å². The second-order valence-corrected chi connectivity index (χ2v) is 11.1. The quantitative estimate of drug-likeness (QED) is 0.359. The molecule has 0 saturated heterocycles. The van der Waals surface area contributed by atoms with Gasteiger partial charge in [0.25, 0.3) is 5.91 Å². The van der Waals surface area contributed by atoms with Crippen molar-refractivity contribution in [2.45, 2.75) is 38.0 Å². The molecule has 1 amide bonds. The van der Waals surface area contributed by atoms with Crippen LogP contribution < -0.4 is 5.73 Å². The molecule has 0 bridgehead atoms. The molecule has 3 aliphatic rings. The molecule has 4 atom stereocenters. The molecule has 3 aliphatic carbocycles. The number of benzene rings is 2. The van der Waals surface area contributed by atoms with Crippen LogP contribution in [0.1, 0.15) is 34.8 Å². The lowest BCUT2D eigenvalue weighted by molar-refractivity contribution is -0.148. The summed E-state index contributed by atoms with van der Waals surface area (Å²) in [4.78, 5) is 43.0. The van der Waals surface area contributed by atoms with Gasteiger partial charge in [0.05, 0.1) is 11.6 Å². The summed E-state index contributed by atoms with van der Waals surface area (Å²) in [5, 5.41) is 46.5. The minimum absolute atomic E-state index is 0.0179. The average molecular weight is 536 g/mol. The highest BCUT2D eigenvalue weighted by molar-refractivity contribution is 6.25. The number of carbonyl (C=O) groups is 3. The van der Waals surface area contributed by atoms with Gasteiger partial charge in [-0.05, 0) is 69.0 Å². The number of primary amides is 1. The number of phenolic OH excluding ortho intramolecular Hbond substituents is 1. The number of likely N-dealkylation sites (N-methyl/N-ethyl adjacent to an activating group) is 1. The average Bonchev–Trinajstić information content (AvgIpc) is 2.86. The third-order valence-electron chi connectivity index (χ3n) is 8.58. The lowest BCUT2D eigenvalue weighted by atomic mass is 9.58. The van der Waals surface area contributed by atoms with Gasteiger partial charge < -0.3 is 31.1 Å². The summed E-state index contributed by atoms with van der Waals surface area (Å²) in [5.74, 6) is -6.48. The zero-order chi connectivity index (χ0) is 28.5. The van der Waals surface area contributed by atoms with Gasteiger partial charge in [0.15, 0.2) is 11.4 Å². The van der Waals surface area contributed by atoms with Gasteiger partial charge in [0.2, 0.25) is 5.78 Å². The van der Waals surface area contributed by atoms with Gasteiger partial charge in [-0.1, -0.05) is 25.1 Å². The van der Waals surface area contributed by atoms with Crippen molar-refractivity contribution in [3.63, 3.8) is 0 Å². The molecule has 0 fully saturated rings. The number of phenols is 1. The van der Waals surface area contributed by atoms with E-state index >= 15 is 0 Å². The summed E-state index contributed by atoms with van der Waals surface area (Å²) in [6, 6.07) is 6.54. The molecule has 5 rings (SSSR count). The summed E-state index contributed by atoms with van der Waals surface area (Å²) in [6.45, 7) is 3.52. The number of fused-ring (bicyclic) bond motifs is 4. The maximum atomic E-state index is 13.9. The van der Waals surface area contributed by atoms with E-state index in [0.29, 0.717) is 17.5 Å². The van der Waals surface area contributed by atoms with E-state index in [4.69, 9.17) is 5.73 Å². The predicted molar refractivity (Wildman–Crippen MR) is 143 cm³/mol. The monoisotopic (exact) mass is 535 g/mol. The van der Waals surface area contributed by atoms with Crippen LogP contribution in [0.2, 0.25) is 0 Å². The molecular formula is C29H33N3O7. The second-order valence-electron chi connectivity index (χ2n) is 11.1. The van der Waals surface area contributed by atoms with E-state index in [2.05, 4.69) is 4.90 Å². The van der Waals surface area contributed by atoms with Gasteiger partial charge >= 0.3 is 0 Å². The number of aromatic hydroxyl groups is 1. The first kappa shape index (κ1) is 26.9. The summed E-state index contributed by atoms with van der Waals surface area (Å²) >= 11 is 0. The molecule has 0 saturated carbocycles. The van der Waals surface area contributed by atoms with E-state index in [1.54, 1.807) is 14.1 Å². The Balaban J connectivity index is 1.68. The van der Waals surface area contributed by atoms with Crippen LogP contribution in [0.3, 0.4) is 0 Å². The highest BCUT2D eigenvalue weighted by atomic mass is 16.3. The Labute approximate surface area is 225 Å². The van der Waals surface area contributed by atoms with Crippen LogP contribution in [0.4, 0.5) is 0 Å². The number of nitrogens with two attached hydrogens (primary N) is 1. The normalized spacial score (nSPS) is 26.8. The number of nitrogens with zero attached hydrogens (tertiary/aromatic N) is 2. The topological polar surface area (TPSA) is 165 Å². The molecular weight excluding hydrogens is 502 g/mol. The SMILES string of the molecule is CCN(C)Cc1ccc2cc3c(c(O)c2c1)C(=O)C1=C(O)[C@]2(O)C(=O)C(C(N)=O)=C(O)[C@@H](N(C)C)[C@@H]2C[C@@H]1C3. The third kappa shape index (κ3) is 3.77. The molecule has 2 aromatic rings. The Morgan fingerprint density at radius 1 is 1.13 bits per heavy atom. The Hall–Kier alpha value is -3.73. The van der Waals surface area contributed by atoms with Crippen molar-refractivity contribution in [1.29, 1.82) is 0 Å². The highest BCUT2D eigenvalue weighted by Gasteiger charge is 2.63. The van der Waals surface area contributed by atoms with Gasteiger partial charge in [-0.15, -0.1) is 0 Å². The van der Waals surface area contributed by atoms with Gasteiger partial charge in [-0.2, -0.15) is 0 Å². The number of aliphatic hydroxyl groups excluding tert-OH is 2. The first-order valence-corrected chi connectivity index (χ1v) is 12.9. The summed E-state index contributed by atoms with van der Waals surface area (Å²) < 4.78 is 0. The fraction of sp³-hybridized carbons (Fsp3) is 0.414. The number of hydrogen-bond acceptors (Lipinski definition) is 9. The fourth-order valence-corrected chi connectivity index (χ4v) is 6.59. The molecule has 0 unspecified atom stereocenters. The lowest BCUT2D eigenvalue weighted by Crippen LogP contribution is -2.63. The van der Waals surface area contributed by atoms with Crippen molar-refractivity contribution in [2.75, 3.05) is 27.7 Å². The lowest BCUT2D eigenvalue weighted by Gasteiger charge is -2.50. The fourth-order valence-electron chi connectivity index (χ4n) is 6.59. The van der Waals surface area contributed by atoms with Crippen molar-refractivity contribution in [3.05, 3.63) is 63.6 Å². The molecule has 0 aliphatic heterocycles. The molecule has 10 nitrogen and oxygen atoms in total. The maximum absolute atomic E-state index is 13.9. The van der Waals surface area contributed by atoms with Crippen molar-refractivity contribution >= 4 is 28.2 Å². The van der Waals surface area contributed by atoms with Gasteiger partial charge in [-0.3, -0.25) is 19.3 Å². The minimum atomic E-state index is -2.64. The van der Waals surface area contributed by atoms with E-state index < -0.39 is 58.0 Å². The number of allylic oxidation sites excluding steroid dienone is 1. The number of carbonyl (C=O) groups excluding carboxylic acids is 3. The Kier molecular flexibility index (Phi) is 6.32. The number of amides is 1. The van der Waals surface area contributed by atoms with Crippen LogP contribution >= 0.6 is 0 Å². The van der Waals surface area contributed by atoms with Crippen molar-refractivity contribution in [2.24, 2.45) is 17.6 Å². The summed E-state index contributed by atoms with van der Waals surface area (Å²) in [6.07, 6.45) is 0.325. The summed E-state index contributed by atoms with van der Waals surface area (Å²) in [5.41, 5.74) is 3.32. The van der Waals surface area contributed by atoms with Crippen LogP contribution in [0, 0.1) is 11.8 Å². The highest BCUT2D eigenvalue weighted by Crippen LogP contribution is 2.52. The second kappa shape index (κ2) is 9.18. The molecule has 0 aromatic heterocycles. The first-order chi connectivity index (χ1) is 18.3. The predicted octanol–water partition coefficient (Wildman–Crippen LogP) is 1.73. The van der Waals surface area contributed by atoms with E-state index in [1.807, 2.05) is 38.2 Å². The number of hydrogen-bond donors (Lipinski definition) is 5. The van der Waals surface area contributed by atoms with Crippen LogP contribution in [0.5, 0.6) is 5.75 Å². The Morgan fingerprint density at radius 2 is 1.82 bits per heavy atom. The molecule has 2 aromatic carbocycles. The molecule has 10 heteroatoms. The molecule has 206 valence electrons. The van der Waals surface area contributed by atoms with E-state index in [9.17, 15) is 34.8 Å². The zero-order valence-electron chi connectivity index (χ0n) is 22.4. The molecule has 0 spiro atoms. The first-order valence-electron chi connectivity index (χ1n) is 12.9. The van der Waals surface area contributed by atoms with Crippen LogP contribution in [-0.4, -0.2) is 87.0 Å². The van der Waals surface area contributed by atoms with E-state index in [1.165, 1.54) is 4.90 Å². The standard InChI is InChI=1S/C29H33N3O7/c1-5-32(4)12-13-6-7-14-9-15-10-16-11-18-22(31(2)3)25(35)21(28(30)38)27(37)29(18,39)26(36)20(16)24(34)19(15)23(33)17(14)8-13/h6-9,16,18,22,33,35-36,39H,5,10-12H2,1-4H3,(H2,30,38)/t16-,18-,22-,29-/m0/s1. The minimum Gasteiger partial charge on any atom is -0.510 e. The van der Waals surface area contributed by atoms with Crippen LogP contribution in [-0.2, 0) is 22.6 Å². The molecule has 39 heavy (non-hydrogen) atoms. The Morgan fingerprint density at radius 3 is 2.44 bits per heavy atom. The summed E-state index contributed by atoms with van der Waals surface area (Å²) in [7, 11) is 5.18. The molecule has 0 heterocycles. The smallest absolute Gasteiger partial charge is 0.255 e. The van der Waals surface area contributed by atoms with E-state index in [0.717, 1.165) is 17.5 Å². The largest absolute Gasteiger partial charge is 0.510 e. The number of Topliss-reactive ketones (excluding diaryl/α,β-unsaturated/α-hetero) is 2. The van der Waals surface area contributed by atoms with Gasteiger partial charge in [-0.25, -0.2) is 0 Å².